The second kappa shape index (κ2) is 4.97. The molecule has 0 aliphatic heterocycles. The third-order valence-corrected chi connectivity index (χ3v) is 2.75. The minimum atomic E-state index is 0.192. The van der Waals surface area contributed by atoms with Crippen molar-refractivity contribution < 1.29 is 14.9 Å². The highest BCUT2D eigenvalue weighted by Crippen LogP contribution is 2.24. The molecule has 0 unspecified atom stereocenters. The third-order valence-electron chi connectivity index (χ3n) is 2.75. The highest BCUT2D eigenvalue weighted by Gasteiger charge is 2.03. The summed E-state index contributed by atoms with van der Waals surface area (Å²) >= 11 is 0. The van der Waals surface area contributed by atoms with Gasteiger partial charge in [-0.05, 0) is 48.5 Å². The van der Waals surface area contributed by atoms with Gasteiger partial charge in [-0.2, -0.15) is 5.10 Å². The van der Waals surface area contributed by atoms with Crippen LogP contribution < -0.4 is 4.74 Å². The van der Waals surface area contributed by atoms with E-state index in [4.69, 9.17) is 4.74 Å². The number of hydrogen-bond acceptors (Lipinski definition) is 4. The second-order valence-corrected chi connectivity index (χ2v) is 4.23. The van der Waals surface area contributed by atoms with E-state index in [2.05, 4.69) is 5.10 Å². The fraction of sp³-hybridized carbons (Fsp3) is 0. The van der Waals surface area contributed by atoms with E-state index >= 15 is 0 Å². The van der Waals surface area contributed by atoms with Crippen molar-refractivity contribution in [2.24, 2.45) is 0 Å². The van der Waals surface area contributed by atoms with Gasteiger partial charge in [-0.1, -0.05) is 0 Å². The summed E-state index contributed by atoms with van der Waals surface area (Å²) < 4.78 is 7.26. The van der Waals surface area contributed by atoms with Crippen molar-refractivity contribution in [3.63, 3.8) is 0 Å². The maximum atomic E-state index is 9.25. The Kier molecular flexibility index (Phi) is 3.01. The van der Waals surface area contributed by atoms with Crippen molar-refractivity contribution in [3.05, 3.63) is 60.9 Å². The summed E-state index contributed by atoms with van der Waals surface area (Å²) in [6.07, 6.45) is 3.33. The Balaban J connectivity index is 1.80. The first kappa shape index (κ1) is 12.1. The molecular formula is C15H12N2O3. The van der Waals surface area contributed by atoms with Crippen molar-refractivity contribution in [2.45, 2.75) is 0 Å². The molecule has 2 N–H and O–H groups in total. The molecule has 100 valence electrons. The Morgan fingerprint density at radius 2 is 1.40 bits per heavy atom. The normalized spacial score (nSPS) is 10.4. The largest absolute Gasteiger partial charge is 0.508 e. The number of phenols is 2. The zero-order valence-corrected chi connectivity index (χ0v) is 10.5. The lowest BCUT2D eigenvalue weighted by Gasteiger charge is -2.02. The molecule has 5 heteroatoms. The van der Waals surface area contributed by atoms with Crippen LogP contribution >= 0.6 is 0 Å². The molecular weight excluding hydrogens is 256 g/mol. The quantitative estimate of drug-likeness (QED) is 0.766. The molecule has 3 rings (SSSR count). The molecule has 0 spiro atoms. The molecule has 0 saturated heterocycles. The molecule has 0 amide bonds. The predicted molar refractivity (Wildman–Crippen MR) is 73.4 cm³/mol. The highest BCUT2D eigenvalue weighted by atomic mass is 16.5. The molecule has 5 nitrogen and oxygen atoms in total. The Bertz CT molecular complexity index is 703. The number of ether oxygens (including phenoxy) is 1. The minimum Gasteiger partial charge on any atom is -0.508 e. The van der Waals surface area contributed by atoms with Gasteiger partial charge in [0.05, 0.1) is 18.1 Å². The smallest absolute Gasteiger partial charge is 0.165 e. The van der Waals surface area contributed by atoms with Crippen LogP contribution in [0, 0.1) is 0 Å². The van der Waals surface area contributed by atoms with Gasteiger partial charge in [-0.25, -0.2) is 4.68 Å². The van der Waals surface area contributed by atoms with Gasteiger partial charge in [-0.15, -0.1) is 0 Å². The van der Waals surface area contributed by atoms with Crippen molar-refractivity contribution >= 4 is 0 Å². The van der Waals surface area contributed by atoms with Crippen molar-refractivity contribution in [1.82, 2.24) is 9.78 Å². The molecule has 0 saturated carbocycles. The lowest BCUT2D eigenvalue weighted by Crippen LogP contribution is -1.92. The van der Waals surface area contributed by atoms with Gasteiger partial charge < -0.3 is 14.9 Å². The number of phenolic OH excluding ortho intramolecular Hbond substituents is 2. The molecule has 0 atom stereocenters. The number of aromatic nitrogens is 2. The first-order chi connectivity index (χ1) is 9.70. The fourth-order valence-corrected chi connectivity index (χ4v) is 1.76. The van der Waals surface area contributed by atoms with E-state index in [0.29, 0.717) is 11.5 Å². The summed E-state index contributed by atoms with van der Waals surface area (Å²) in [7, 11) is 0. The molecule has 0 fully saturated rings. The summed E-state index contributed by atoms with van der Waals surface area (Å²) in [5.41, 5.74) is 0.823. The van der Waals surface area contributed by atoms with Crippen LogP contribution in [0.25, 0.3) is 5.69 Å². The molecule has 0 aliphatic carbocycles. The topological polar surface area (TPSA) is 67.5 Å². The lowest BCUT2D eigenvalue weighted by molar-refractivity contribution is 0.464. The monoisotopic (exact) mass is 268 g/mol. The maximum Gasteiger partial charge on any atom is 0.165 e. The van der Waals surface area contributed by atoms with Crippen LogP contribution in [0.2, 0.25) is 0 Å². The van der Waals surface area contributed by atoms with Crippen molar-refractivity contribution in [2.75, 3.05) is 0 Å². The zero-order valence-electron chi connectivity index (χ0n) is 10.5. The van der Waals surface area contributed by atoms with Crippen LogP contribution in [0.1, 0.15) is 0 Å². The summed E-state index contributed by atoms with van der Waals surface area (Å²) in [5.74, 6) is 1.61. The number of hydrogen-bond donors (Lipinski definition) is 2. The van der Waals surface area contributed by atoms with E-state index < -0.39 is 0 Å². The SMILES string of the molecule is Oc1ccc(Oc2cnn(-c3ccc(O)cc3)c2)cc1. The molecule has 3 aromatic rings. The van der Waals surface area contributed by atoms with Crippen LogP contribution in [0.15, 0.2) is 60.9 Å². The van der Waals surface area contributed by atoms with Gasteiger partial charge in [-0.3, -0.25) is 0 Å². The Hall–Kier alpha value is -2.95. The molecule has 2 aromatic carbocycles. The Labute approximate surface area is 115 Å². The summed E-state index contributed by atoms with van der Waals surface area (Å²) in [5, 5.41) is 22.6. The van der Waals surface area contributed by atoms with Crippen LogP contribution in [0.5, 0.6) is 23.0 Å². The van der Waals surface area contributed by atoms with Crippen LogP contribution in [0.4, 0.5) is 0 Å². The molecule has 1 heterocycles. The van der Waals surface area contributed by atoms with E-state index in [-0.39, 0.29) is 11.5 Å². The molecule has 0 aliphatic rings. The minimum absolute atomic E-state index is 0.192. The molecule has 1 aromatic heterocycles. The third kappa shape index (κ3) is 2.56. The zero-order chi connectivity index (χ0) is 13.9. The van der Waals surface area contributed by atoms with E-state index in [1.54, 1.807) is 65.6 Å². The second-order valence-electron chi connectivity index (χ2n) is 4.23. The summed E-state index contributed by atoms with van der Waals surface area (Å²) in [4.78, 5) is 0. The van der Waals surface area contributed by atoms with Gasteiger partial charge in [0.25, 0.3) is 0 Å². The number of rotatable bonds is 3. The van der Waals surface area contributed by atoms with Gasteiger partial charge in [0.15, 0.2) is 5.75 Å². The number of benzene rings is 2. The number of nitrogens with zero attached hydrogens (tertiary/aromatic N) is 2. The first-order valence-electron chi connectivity index (χ1n) is 6.02. The lowest BCUT2D eigenvalue weighted by atomic mass is 10.3. The highest BCUT2D eigenvalue weighted by molar-refractivity contribution is 5.38. The fourth-order valence-electron chi connectivity index (χ4n) is 1.76. The predicted octanol–water partition coefficient (Wildman–Crippen LogP) is 3.08. The van der Waals surface area contributed by atoms with Crippen molar-refractivity contribution in [1.29, 1.82) is 0 Å². The maximum absolute atomic E-state index is 9.25. The van der Waals surface area contributed by atoms with E-state index in [1.165, 1.54) is 0 Å². The van der Waals surface area contributed by atoms with Gasteiger partial charge in [0, 0.05) is 0 Å². The van der Waals surface area contributed by atoms with Crippen LogP contribution in [-0.4, -0.2) is 20.0 Å². The van der Waals surface area contributed by atoms with E-state index in [9.17, 15) is 10.2 Å². The van der Waals surface area contributed by atoms with Gasteiger partial charge >= 0.3 is 0 Å². The number of aromatic hydroxyl groups is 2. The Morgan fingerprint density at radius 3 is 2.05 bits per heavy atom. The molecule has 20 heavy (non-hydrogen) atoms. The Morgan fingerprint density at radius 1 is 0.800 bits per heavy atom. The van der Waals surface area contributed by atoms with Gasteiger partial charge in [0.1, 0.15) is 17.2 Å². The van der Waals surface area contributed by atoms with E-state index in [1.807, 2.05) is 0 Å². The van der Waals surface area contributed by atoms with Crippen LogP contribution in [0.3, 0.4) is 0 Å². The van der Waals surface area contributed by atoms with E-state index in [0.717, 1.165) is 5.69 Å². The average molecular weight is 268 g/mol. The van der Waals surface area contributed by atoms with Crippen LogP contribution in [-0.2, 0) is 0 Å². The standard InChI is InChI=1S/C15H12N2O3/c18-12-3-1-11(2-4-12)17-10-15(9-16-17)20-14-7-5-13(19)6-8-14/h1-10,18-19H. The first-order valence-corrected chi connectivity index (χ1v) is 6.02. The molecule has 0 bridgehead atoms. The average Bonchev–Trinajstić information content (AvgIpc) is 2.91. The summed E-state index contributed by atoms with van der Waals surface area (Å²) in [6.45, 7) is 0. The van der Waals surface area contributed by atoms with Crippen molar-refractivity contribution in [3.8, 4) is 28.7 Å². The van der Waals surface area contributed by atoms with Gasteiger partial charge in [0.2, 0.25) is 0 Å². The molecule has 0 radical (unpaired) electrons. The summed E-state index contributed by atoms with van der Waals surface area (Å²) in [6, 6.07) is 13.2.